The average Bonchev–Trinajstić information content (AvgIpc) is 1.97. The molecular weight excluding hydrogens is 156 g/mol. The molecule has 0 fully saturated rings. The summed E-state index contributed by atoms with van der Waals surface area (Å²) in [6.45, 7) is 4.97. The Hall–Kier alpha value is -0.610. The van der Waals surface area contributed by atoms with E-state index in [0.717, 1.165) is 6.54 Å². The molecule has 0 saturated heterocycles. The third-order valence-corrected chi connectivity index (χ3v) is 1.34. The van der Waals surface area contributed by atoms with Crippen LogP contribution in [0.15, 0.2) is 0 Å². The second kappa shape index (κ2) is 5.97. The van der Waals surface area contributed by atoms with Gasteiger partial charge in [0.05, 0.1) is 6.61 Å². The first-order valence-corrected chi connectivity index (χ1v) is 4.10. The summed E-state index contributed by atoms with van der Waals surface area (Å²) in [5, 5.41) is 0. The number of likely N-dealkylation sites (N-methyl/N-ethyl adjacent to an activating group) is 1. The van der Waals surface area contributed by atoms with Gasteiger partial charge in [-0.1, -0.05) is 13.8 Å². The van der Waals surface area contributed by atoms with E-state index in [4.69, 9.17) is 4.84 Å². The fraction of sp³-hybridized carbons (Fsp3) is 0.875. The van der Waals surface area contributed by atoms with Gasteiger partial charge < -0.3 is 4.90 Å². The van der Waals surface area contributed by atoms with Crippen molar-refractivity contribution in [3.63, 3.8) is 0 Å². The van der Waals surface area contributed by atoms with Crippen molar-refractivity contribution in [1.82, 2.24) is 10.4 Å². The highest BCUT2D eigenvalue weighted by Gasteiger charge is 2.05. The SMILES string of the molecule is CC(C)C(=O)NOCCN(C)C. The minimum atomic E-state index is -0.0752. The lowest BCUT2D eigenvalue weighted by molar-refractivity contribution is -0.136. The number of rotatable bonds is 5. The van der Waals surface area contributed by atoms with Gasteiger partial charge in [-0.2, -0.15) is 0 Å². The number of hydrogen-bond donors (Lipinski definition) is 1. The minimum Gasteiger partial charge on any atom is -0.307 e. The van der Waals surface area contributed by atoms with Crippen LogP contribution < -0.4 is 5.48 Å². The predicted molar refractivity (Wildman–Crippen MR) is 47.5 cm³/mol. The molecule has 1 amide bonds. The van der Waals surface area contributed by atoms with Crippen LogP contribution >= 0.6 is 0 Å². The Morgan fingerprint density at radius 1 is 1.50 bits per heavy atom. The van der Waals surface area contributed by atoms with Gasteiger partial charge in [-0.25, -0.2) is 5.48 Å². The molecular formula is C8H18N2O2. The van der Waals surface area contributed by atoms with Gasteiger partial charge in [0.15, 0.2) is 0 Å². The zero-order chi connectivity index (χ0) is 9.56. The molecule has 0 aromatic carbocycles. The van der Waals surface area contributed by atoms with Crippen molar-refractivity contribution in [3.05, 3.63) is 0 Å². The normalized spacial score (nSPS) is 10.8. The summed E-state index contributed by atoms with van der Waals surface area (Å²) >= 11 is 0. The highest BCUT2D eigenvalue weighted by Crippen LogP contribution is 1.89. The van der Waals surface area contributed by atoms with Crippen molar-refractivity contribution in [2.45, 2.75) is 13.8 Å². The lowest BCUT2D eigenvalue weighted by Crippen LogP contribution is -2.30. The van der Waals surface area contributed by atoms with Crippen molar-refractivity contribution in [2.24, 2.45) is 5.92 Å². The summed E-state index contributed by atoms with van der Waals surface area (Å²) < 4.78 is 0. The molecule has 0 spiro atoms. The molecule has 0 heterocycles. The second-order valence-electron chi connectivity index (χ2n) is 3.27. The van der Waals surface area contributed by atoms with Crippen LogP contribution in [0.1, 0.15) is 13.8 Å². The van der Waals surface area contributed by atoms with E-state index < -0.39 is 0 Å². The van der Waals surface area contributed by atoms with Crippen molar-refractivity contribution in [1.29, 1.82) is 0 Å². The van der Waals surface area contributed by atoms with Crippen LogP contribution in [0.3, 0.4) is 0 Å². The third kappa shape index (κ3) is 6.12. The first-order valence-electron chi connectivity index (χ1n) is 4.10. The number of nitrogens with zero attached hydrogens (tertiary/aromatic N) is 1. The quantitative estimate of drug-likeness (QED) is 0.480. The smallest absolute Gasteiger partial charge is 0.246 e. The van der Waals surface area contributed by atoms with E-state index in [1.165, 1.54) is 0 Å². The highest BCUT2D eigenvalue weighted by atomic mass is 16.6. The molecule has 4 heteroatoms. The molecule has 0 radical (unpaired) electrons. The average molecular weight is 174 g/mol. The maximum Gasteiger partial charge on any atom is 0.246 e. The summed E-state index contributed by atoms with van der Waals surface area (Å²) in [6.07, 6.45) is 0. The molecule has 0 saturated carbocycles. The molecule has 0 atom stereocenters. The largest absolute Gasteiger partial charge is 0.307 e. The lowest BCUT2D eigenvalue weighted by Gasteiger charge is -2.10. The van der Waals surface area contributed by atoms with Crippen LogP contribution in [0.25, 0.3) is 0 Å². The molecule has 0 aromatic rings. The summed E-state index contributed by atoms with van der Waals surface area (Å²) in [5.74, 6) is -0.0990. The van der Waals surface area contributed by atoms with E-state index in [2.05, 4.69) is 5.48 Å². The number of hydroxylamine groups is 1. The molecule has 12 heavy (non-hydrogen) atoms. The Labute approximate surface area is 73.8 Å². The van der Waals surface area contributed by atoms with Gasteiger partial charge in [-0.05, 0) is 14.1 Å². The van der Waals surface area contributed by atoms with Gasteiger partial charge in [0, 0.05) is 12.5 Å². The Bertz CT molecular complexity index is 135. The van der Waals surface area contributed by atoms with Gasteiger partial charge in [0.1, 0.15) is 0 Å². The van der Waals surface area contributed by atoms with Crippen LogP contribution in [0.2, 0.25) is 0 Å². The van der Waals surface area contributed by atoms with Gasteiger partial charge in [0.2, 0.25) is 5.91 Å². The summed E-state index contributed by atoms with van der Waals surface area (Å²) in [4.78, 5) is 17.9. The summed E-state index contributed by atoms with van der Waals surface area (Å²) in [6, 6.07) is 0. The molecule has 0 bridgehead atoms. The Morgan fingerprint density at radius 3 is 2.50 bits per heavy atom. The van der Waals surface area contributed by atoms with E-state index >= 15 is 0 Å². The van der Waals surface area contributed by atoms with Gasteiger partial charge >= 0.3 is 0 Å². The zero-order valence-electron chi connectivity index (χ0n) is 8.26. The topological polar surface area (TPSA) is 41.6 Å². The van der Waals surface area contributed by atoms with Gasteiger partial charge in [-0.15, -0.1) is 0 Å². The minimum absolute atomic E-state index is 0.0237. The number of nitrogens with one attached hydrogen (secondary N) is 1. The lowest BCUT2D eigenvalue weighted by atomic mass is 10.2. The molecule has 0 aliphatic rings. The van der Waals surface area contributed by atoms with E-state index in [1.807, 2.05) is 32.8 Å². The second-order valence-corrected chi connectivity index (χ2v) is 3.27. The standard InChI is InChI=1S/C8H18N2O2/c1-7(2)8(11)9-12-6-5-10(3)4/h7H,5-6H2,1-4H3,(H,9,11). The molecule has 0 unspecified atom stereocenters. The number of hydrogen-bond acceptors (Lipinski definition) is 3. The fourth-order valence-electron chi connectivity index (χ4n) is 0.468. The maximum absolute atomic E-state index is 10.9. The van der Waals surface area contributed by atoms with E-state index in [-0.39, 0.29) is 11.8 Å². The number of amides is 1. The Morgan fingerprint density at radius 2 is 2.08 bits per heavy atom. The monoisotopic (exact) mass is 174 g/mol. The van der Waals surface area contributed by atoms with E-state index in [0.29, 0.717) is 6.61 Å². The summed E-state index contributed by atoms with van der Waals surface area (Å²) in [5.41, 5.74) is 2.37. The first-order chi connectivity index (χ1) is 5.54. The molecule has 72 valence electrons. The van der Waals surface area contributed by atoms with Crippen molar-refractivity contribution < 1.29 is 9.63 Å². The zero-order valence-corrected chi connectivity index (χ0v) is 8.26. The summed E-state index contributed by atoms with van der Waals surface area (Å²) in [7, 11) is 3.90. The number of carbonyl (C=O) groups is 1. The van der Waals surface area contributed by atoms with E-state index in [1.54, 1.807) is 0 Å². The predicted octanol–water partition coefficient (Wildman–Crippen LogP) is 0.252. The molecule has 0 rings (SSSR count). The van der Waals surface area contributed by atoms with Crippen LogP contribution in [-0.2, 0) is 9.63 Å². The van der Waals surface area contributed by atoms with Crippen molar-refractivity contribution in [2.75, 3.05) is 27.2 Å². The van der Waals surface area contributed by atoms with E-state index in [9.17, 15) is 4.79 Å². The molecule has 1 N–H and O–H groups in total. The Kier molecular flexibility index (Phi) is 5.66. The number of carbonyl (C=O) groups excluding carboxylic acids is 1. The van der Waals surface area contributed by atoms with Crippen LogP contribution in [0.5, 0.6) is 0 Å². The van der Waals surface area contributed by atoms with Crippen LogP contribution in [0.4, 0.5) is 0 Å². The van der Waals surface area contributed by atoms with Gasteiger partial charge in [-0.3, -0.25) is 9.63 Å². The van der Waals surface area contributed by atoms with Crippen molar-refractivity contribution in [3.8, 4) is 0 Å². The van der Waals surface area contributed by atoms with Crippen molar-refractivity contribution >= 4 is 5.91 Å². The molecule has 4 nitrogen and oxygen atoms in total. The molecule has 0 aliphatic carbocycles. The fourth-order valence-corrected chi connectivity index (χ4v) is 0.468. The van der Waals surface area contributed by atoms with Crippen LogP contribution in [0, 0.1) is 5.92 Å². The Balaban J connectivity index is 3.26. The highest BCUT2D eigenvalue weighted by molar-refractivity contribution is 5.76. The van der Waals surface area contributed by atoms with Crippen LogP contribution in [-0.4, -0.2) is 38.1 Å². The first kappa shape index (κ1) is 11.4. The maximum atomic E-state index is 10.9. The molecule has 0 aromatic heterocycles. The molecule has 0 aliphatic heterocycles. The third-order valence-electron chi connectivity index (χ3n) is 1.34. The van der Waals surface area contributed by atoms with Gasteiger partial charge in [0.25, 0.3) is 0 Å².